The third-order valence-electron chi connectivity index (χ3n) is 8.72. The van der Waals surface area contributed by atoms with Crippen LogP contribution < -0.4 is 10.1 Å². The fourth-order valence-corrected chi connectivity index (χ4v) is 8.51. The molecule has 4 aliphatic rings. The maximum absolute atomic E-state index is 11.1. The monoisotopic (exact) mass is 575 g/mol. The zero-order chi connectivity index (χ0) is 27.4. The lowest BCUT2D eigenvalue weighted by Crippen LogP contribution is -2.36. The molecule has 5 atom stereocenters. The number of thioether (sulfide) groups is 1. The highest BCUT2D eigenvalue weighted by Crippen LogP contribution is 2.51. The van der Waals surface area contributed by atoms with Crippen molar-refractivity contribution >= 4 is 29.2 Å². The summed E-state index contributed by atoms with van der Waals surface area (Å²) in [4.78, 5) is 3.29. The molecular weight excluding hydrogens is 530 g/mol. The summed E-state index contributed by atoms with van der Waals surface area (Å²) in [5, 5.41) is 25.8. The molecule has 0 bridgehead atoms. The van der Waals surface area contributed by atoms with E-state index in [9.17, 15) is 10.2 Å². The van der Waals surface area contributed by atoms with Gasteiger partial charge in [-0.2, -0.15) is 0 Å². The van der Waals surface area contributed by atoms with E-state index in [2.05, 4.69) is 38.2 Å². The average molecular weight is 576 g/mol. The van der Waals surface area contributed by atoms with Crippen molar-refractivity contribution in [2.45, 2.75) is 109 Å². The van der Waals surface area contributed by atoms with Gasteiger partial charge >= 0.3 is 0 Å². The number of fused-ring (bicyclic) bond motifs is 1. The van der Waals surface area contributed by atoms with Crippen LogP contribution in [0.5, 0.6) is 5.75 Å². The number of nitrogens with one attached hydrogen (secondary N) is 1. The Labute approximate surface area is 241 Å². The second-order valence-corrected chi connectivity index (χ2v) is 13.5. The predicted molar refractivity (Wildman–Crippen MR) is 159 cm³/mol. The average Bonchev–Trinajstić information content (AvgIpc) is 3.60. The number of hydrogen-bond acceptors (Lipinski definition) is 8. The fraction of sp³-hybridized carbons (Fsp3) is 0.677. The third-order valence-corrected chi connectivity index (χ3v) is 11.3. The minimum atomic E-state index is -0.842. The molecule has 3 heterocycles. The molecule has 0 saturated heterocycles. The summed E-state index contributed by atoms with van der Waals surface area (Å²) in [5.41, 5.74) is 0.959. The Kier molecular flexibility index (Phi) is 10.0. The lowest BCUT2D eigenvalue weighted by molar-refractivity contribution is -0.165. The van der Waals surface area contributed by atoms with Crippen LogP contribution in [0.4, 0.5) is 0 Å². The topological polar surface area (TPSA) is 80.2 Å². The van der Waals surface area contributed by atoms with E-state index in [0.717, 1.165) is 71.4 Å². The van der Waals surface area contributed by atoms with Gasteiger partial charge in [-0.25, -0.2) is 0 Å². The lowest BCUT2D eigenvalue weighted by atomic mass is 9.80. The van der Waals surface area contributed by atoms with Crippen molar-refractivity contribution in [3.63, 3.8) is 0 Å². The van der Waals surface area contributed by atoms with Gasteiger partial charge in [0.05, 0.1) is 15.5 Å². The quantitative estimate of drug-likeness (QED) is 0.223. The van der Waals surface area contributed by atoms with Gasteiger partial charge in [0.25, 0.3) is 0 Å². The van der Waals surface area contributed by atoms with Crippen LogP contribution in [-0.2, 0) is 9.47 Å². The maximum Gasteiger partial charge on any atom is 0.200 e. The number of ether oxygens (including phenoxy) is 3. The number of aliphatic hydroxyl groups is 2. The Hall–Kier alpha value is -1.45. The zero-order valence-electron chi connectivity index (χ0n) is 23.6. The SMILES string of the molecule is CCCCC(CC)C(O)OC1=CCC(OC(O)C2CCC(CC)CC2)C2=C1SC(c1cc3c(s1)C=CCO3)N2. The van der Waals surface area contributed by atoms with E-state index in [4.69, 9.17) is 14.2 Å². The van der Waals surface area contributed by atoms with Gasteiger partial charge in [0.2, 0.25) is 0 Å². The summed E-state index contributed by atoms with van der Waals surface area (Å²) < 4.78 is 18.5. The first-order valence-electron chi connectivity index (χ1n) is 15.0. The van der Waals surface area contributed by atoms with Crippen molar-refractivity contribution in [2.24, 2.45) is 17.8 Å². The highest BCUT2D eigenvalue weighted by molar-refractivity contribution is 8.03. The molecule has 6 nitrogen and oxygen atoms in total. The van der Waals surface area contributed by atoms with Gasteiger partial charge in [-0.15, -0.1) is 11.3 Å². The van der Waals surface area contributed by atoms with Gasteiger partial charge in [-0.1, -0.05) is 64.6 Å². The van der Waals surface area contributed by atoms with Gasteiger partial charge < -0.3 is 29.7 Å². The molecule has 0 aromatic carbocycles. The van der Waals surface area contributed by atoms with Crippen LogP contribution >= 0.6 is 23.1 Å². The fourth-order valence-electron chi connectivity index (χ4n) is 6.09. The van der Waals surface area contributed by atoms with Crippen LogP contribution in [-0.4, -0.2) is 35.5 Å². The molecule has 5 unspecified atom stereocenters. The Morgan fingerprint density at radius 1 is 1.15 bits per heavy atom. The normalized spacial score (nSPS) is 28.6. The minimum Gasteiger partial charge on any atom is -0.488 e. The first kappa shape index (κ1) is 29.1. The van der Waals surface area contributed by atoms with E-state index in [1.165, 1.54) is 24.1 Å². The van der Waals surface area contributed by atoms with Crippen LogP contribution in [0, 0.1) is 17.8 Å². The molecule has 5 rings (SSSR count). The molecule has 0 radical (unpaired) electrons. The number of hydrogen-bond donors (Lipinski definition) is 3. The van der Waals surface area contributed by atoms with E-state index in [1.54, 1.807) is 23.1 Å². The van der Waals surface area contributed by atoms with Gasteiger partial charge in [0.15, 0.2) is 12.6 Å². The Morgan fingerprint density at radius 2 is 1.97 bits per heavy atom. The van der Waals surface area contributed by atoms with Gasteiger partial charge in [0, 0.05) is 23.1 Å². The second-order valence-electron chi connectivity index (χ2n) is 11.3. The van der Waals surface area contributed by atoms with E-state index in [-0.39, 0.29) is 23.3 Å². The van der Waals surface area contributed by atoms with E-state index in [1.807, 2.05) is 12.2 Å². The maximum atomic E-state index is 11.1. The third kappa shape index (κ3) is 6.72. The molecule has 2 aliphatic carbocycles. The molecule has 2 aliphatic heterocycles. The van der Waals surface area contributed by atoms with Crippen LogP contribution in [0.1, 0.15) is 100 Å². The van der Waals surface area contributed by atoms with Crippen molar-refractivity contribution in [1.29, 1.82) is 0 Å². The molecule has 1 aromatic rings. The van der Waals surface area contributed by atoms with E-state index < -0.39 is 12.6 Å². The van der Waals surface area contributed by atoms with E-state index >= 15 is 0 Å². The molecule has 1 fully saturated rings. The van der Waals surface area contributed by atoms with Crippen LogP contribution in [0.2, 0.25) is 0 Å². The first-order chi connectivity index (χ1) is 19.0. The molecular formula is C31H45NO5S2. The molecule has 39 heavy (non-hydrogen) atoms. The van der Waals surface area contributed by atoms with Crippen LogP contribution in [0.25, 0.3) is 6.08 Å². The number of unbranched alkanes of at least 4 members (excludes halogenated alkanes) is 1. The minimum absolute atomic E-state index is 0.00450. The lowest BCUT2D eigenvalue weighted by Gasteiger charge is -2.34. The van der Waals surface area contributed by atoms with Crippen molar-refractivity contribution in [3.8, 4) is 5.75 Å². The Bertz CT molecular complexity index is 1060. The largest absolute Gasteiger partial charge is 0.488 e. The summed E-state index contributed by atoms with van der Waals surface area (Å²) >= 11 is 3.43. The molecule has 1 aromatic heterocycles. The Balaban J connectivity index is 1.32. The standard InChI is InChI=1S/C31H45NO5S2/c1-4-7-9-20(6-3)30(33)37-23-16-15-22(36-31(34)21-13-11-19(5-2)12-14-21)27-28(23)39-29(32-27)26-18-24-25(38-26)10-8-17-35-24/h8,10,16,18-22,29-34H,4-7,9,11-15,17H2,1-3H3. The highest BCUT2D eigenvalue weighted by atomic mass is 32.2. The van der Waals surface area contributed by atoms with Crippen molar-refractivity contribution in [3.05, 3.63) is 44.3 Å². The smallest absolute Gasteiger partial charge is 0.200 e. The van der Waals surface area contributed by atoms with E-state index in [0.29, 0.717) is 13.0 Å². The summed E-state index contributed by atoms with van der Waals surface area (Å²) in [5.74, 6) is 2.72. The van der Waals surface area contributed by atoms with Crippen molar-refractivity contribution in [2.75, 3.05) is 6.61 Å². The summed E-state index contributed by atoms with van der Waals surface area (Å²) in [6, 6.07) is 2.13. The summed E-state index contributed by atoms with van der Waals surface area (Å²) in [6.45, 7) is 7.15. The van der Waals surface area contributed by atoms with Gasteiger partial charge in [-0.05, 0) is 55.9 Å². The van der Waals surface area contributed by atoms with Crippen molar-refractivity contribution in [1.82, 2.24) is 5.32 Å². The molecule has 1 saturated carbocycles. The van der Waals surface area contributed by atoms with Crippen LogP contribution in [0.15, 0.2) is 34.6 Å². The van der Waals surface area contributed by atoms with Gasteiger partial charge in [0.1, 0.15) is 29.6 Å². The number of rotatable bonds is 12. The van der Waals surface area contributed by atoms with Crippen LogP contribution in [0.3, 0.4) is 0 Å². The molecule has 216 valence electrons. The zero-order valence-corrected chi connectivity index (χ0v) is 25.2. The van der Waals surface area contributed by atoms with Crippen molar-refractivity contribution < 1.29 is 24.4 Å². The molecule has 8 heteroatoms. The molecule has 0 spiro atoms. The molecule has 3 N–H and O–H groups in total. The summed E-state index contributed by atoms with van der Waals surface area (Å²) in [7, 11) is 0. The van der Waals surface area contributed by atoms with Gasteiger partial charge in [-0.3, -0.25) is 0 Å². The number of aliphatic hydroxyl groups excluding tert-OH is 2. The Morgan fingerprint density at radius 3 is 2.69 bits per heavy atom. The number of thiophene rings is 1. The highest BCUT2D eigenvalue weighted by Gasteiger charge is 2.39. The second kappa shape index (κ2) is 13.5. The predicted octanol–water partition coefficient (Wildman–Crippen LogP) is 7.46. The first-order valence-corrected chi connectivity index (χ1v) is 16.7. The molecule has 0 amide bonds. The summed E-state index contributed by atoms with van der Waals surface area (Å²) in [6.07, 6.45) is 14.5.